The van der Waals surface area contributed by atoms with Crippen LogP contribution in [0, 0.1) is 11.3 Å². The molecule has 1 rings (SSSR count). The maximum absolute atomic E-state index is 12.4. The van der Waals surface area contributed by atoms with Crippen LogP contribution in [-0.2, 0) is 10.0 Å². The van der Waals surface area contributed by atoms with Gasteiger partial charge in [0.2, 0.25) is 10.0 Å². The van der Waals surface area contributed by atoms with E-state index < -0.39 is 10.0 Å². The van der Waals surface area contributed by atoms with Gasteiger partial charge in [-0.1, -0.05) is 20.8 Å². The Kier molecular flexibility index (Phi) is 4.60. The lowest BCUT2D eigenvalue weighted by molar-refractivity contribution is 0.209. The molecule has 0 aromatic carbocycles. The van der Waals surface area contributed by atoms with Gasteiger partial charge >= 0.3 is 0 Å². The van der Waals surface area contributed by atoms with Crippen LogP contribution in [0.3, 0.4) is 0 Å². The number of rotatable bonds is 3. The van der Waals surface area contributed by atoms with Gasteiger partial charge in [0.25, 0.3) is 0 Å². The summed E-state index contributed by atoms with van der Waals surface area (Å²) in [6.07, 6.45) is 1.96. The average molecular weight is 262 g/mol. The van der Waals surface area contributed by atoms with Gasteiger partial charge in [0, 0.05) is 12.6 Å². The number of nitrogens with two attached hydrogens (primary N) is 1. The highest BCUT2D eigenvalue weighted by atomic mass is 32.2. The minimum atomic E-state index is -3.16. The molecule has 0 aromatic rings. The van der Waals surface area contributed by atoms with Gasteiger partial charge < -0.3 is 5.73 Å². The van der Waals surface area contributed by atoms with Crippen LogP contribution in [0.1, 0.15) is 40.5 Å². The molecule has 17 heavy (non-hydrogen) atoms. The van der Waals surface area contributed by atoms with Gasteiger partial charge in [0.1, 0.15) is 0 Å². The van der Waals surface area contributed by atoms with Crippen molar-refractivity contribution < 1.29 is 8.42 Å². The molecule has 1 aliphatic rings. The molecule has 1 fully saturated rings. The summed E-state index contributed by atoms with van der Waals surface area (Å²) in [5.41, 5.74) is 5.46. The van der Waals surface area contributed by atoms with E-state index in [4.69, 9.17) is 5.73 Å². The molecule has 2 N–H and O–H groups in total. The number of piperidine rings is 1. The molecule has 2 unspecified atom stereocenters. The zero-order valence-electron chi connectivity index (χ0n) is 11.4. The minimum absolute atomic E-state index is 0.116. The molecule has 0 radical (unpaired) electrons. The van der Waals surface area contributed by atoms with Crippen LogP contribution in [0.4, 0.5) is 0 Å². The maximum Gasteiger partial charge on any atom is 0.214 e. The summed E-state index contributed by atoms with van der Waals surface area (Å²) in [6.45, 7) is 9.04. The zero-order valence-corrected chi connectivity index (χ0v) is 12.3. The van der Waals surface area contributed by atoms with Crippen LogP contribution in [0.25, 0.3) is 0 Å². The fourth-order valence-electron chi connectivity index (χ4n) is 2.36. The van der Waals surface area contributed by atoms with Crippen molar-refractivity contribution in [3.05, 3.63) is 0 Å². The van der Waals surface area contributed by atoms with Crippen molar-refractivity contribution >= 4 is 10.0 Å². The Hall–Kier alpha value is -0.130. The lowest BCUT2D eigenvalue weighted by Gasteiger charge is -2.38. The summed E-state index contributed by atoms with van der Waals surface area (Å²) in [5, 5.41) is 0. The summed E-state index contributed by atoms with van der Waals surface area (Å²) in [7, 11) is -3.16. The zero-order chi connectivity index (χ0) is 13.3. The Morgan fingerprint density at radius 3 is 2.35 bits per heavy atom. The standard InChI is InChI=1S/C12H26N2O2S/c1-10-5-6-11(7-13)8-14(10)17(15,16)9-12(2,3)4/h10-11H,5-9,13H2,1-4H3. The molecule has 5 heteroatoms. The third-order valence-corrected chi connectivity index (χ3v) is 5.68. The summed E-state index contributed by atoms with van der Waals surface area (Å²) < 4.78 is 26.4. The molecule has 0 bridgehead atoms. The average Bonchev–Trinajstić information content (AvgIpc) is 2.14. The van der Waals surface area contributed by atoms with E-state index in [0.29, 0.717) is 19.0 Å². The number of nitrogens with zero attached hydrogens (tertiary/aromatic N) is 1. The predicted molar refractivity (Wildman–Crippen MR) is 71.2 cm³/mol. The van der Waals surface area contributed by atoms with E-state index in [1.54, 1.807) is 4.31 Å². The first-order valence-corrected chi connectivity index (χ1v) is 7.96. The molecule has 0 spiro atoms. The first-order valence-electron chi connectivity index (χ1n) is 6.35. The van der Waals surface area contributed by atoms with Crippen molar-refractivity contribution in [1.29, 1.82) is 0 Å². The quantitative estimate of drug-likeness (QED) is 0.836. The summed E-state index contributed by atoms with van der Waals surface area (Å²) in [6, 6.07) is 0.116. The van der Waals surface area contributed by atoms with Crippen molar-refractivity contribution in [2.24, 2.45) is 17.1 Å². The summed E-state index contributed by atoms with van der Waals surface area (Å²) in [4.78, 5) is 0. The van der Waals surface area contributed by atoms with E-state index in [0.717, 1.165) is 12.8 Å². The Morgan fingerprint density at radius 1 is 1.29 bits per heavy atom. The van der Waals surface area contributed by atoms with E-state index in [1.165, 1.54) is 0 Å². The van der Waals surface area contributed by atoms with Gasteiger partial charge in [0.05, 0.1) is 5.75 Å². The van der Waals surface area contributed by atoms with Crippen LogP contribution >= 0.6 is 0 Å². The topological polar surface area (TPSA) is 63.4 Å². The fourth-order valence-corrected chi connectivity index (χ4v) is 4.71. The van der Waals surface area contributed by atoms with E-state index in [-0.39, 0.29) is 17.2 Å². The number of hydrogen-bond acceptors (Lipinski definition) is 3. The summed E-state index contributed by atoms with van der Waals surface area (Å²) in [5.74, 6) is 0.530. The maximum atomic E-state index is 12.4. The van der Waals surface area contributed by atoms with Crippen LogP contribution in [0.5, 0.6) is 0 Å². The van der Waals surface area contributed by atoms with Gasteiger partial charge in [-0.3, -0.25) is 0 Å². The second-order valence-electron chi connectivity index (χ2n) is 6.41. The van der Waals surface area contributed by atoms with Crippen LogP contribution in [0.2, 0.25) is 0 Å². The lowest BCUT2D eigenvalue weighted by Crippen LogP contribution is -2.49. The molecule has 2 atom stereocenters. The van der Waals surface area contributed by atoms with Gasteiger partial charge in [-0.2, -0.15) is 4.31 Å². The first-order chi connectivity index (χ1) is 7.65. The molecule has 102 valence electrons. The highest BCUT2D eigenvalue weighted by molar-refractivity contribution is 7.89. The first kappa shape index (κ1) is 14.9. The van der Waals surface area contributed by atoms with Gasteiger partial charge in [-0.15, -0.1) is 0 Å². The van der Waals surface area contributed by atoms with E-state index in [9.17, 15) is 8.42 Å². The van der Waals surface area contributed by atoms with Crippen molar-refractivity contribution in [2.45, 2.75) is 46.6 Å². The van der Waals surface area contributed by atoms with Crippen molar-refractivity contribution in [2.75, 3.05) is 18.8 Å². The van der Waals surface area contributed by atoms with E-state index in [2.05, 4.69) is 0 Å². The molecule has 0 aromatic heterocycles. The Morgan fingerprint density at radius 2 is 1.88 bits per heavy atom. The fraction of sp³-hybridized carbons (Fsp3) is 1.00. The Balaban J connectivity index is 2.81. The van der Waals surface area contributed by atoms with E-state index >= 15 is 0 Å². The molecule has 0 saturated carbocycles. The number of sulfonamides is 1. The second kappa shape index (κ2) is 5.24. The second-order valence-corrected chi connectivity index (χ2v) is 8.34. The smallest absolute Gasteiger partial charge is 0.214 e. The molecular formula is C12H26N2O2S. The van der Waals surface area contributed by atoms with Crippen molar-refractivity contribution in [1.82, 2.24) is 4.31 Å². The van der Waals surface area contributed by atoms with Gasteiger partial charge in [-0.25, -0.2) is 8.42 Å². The molecular weight excluding hydrogens is 236 g/mol. The summed E-state index contributed by atoms with van der Waals surface area (Å²) >= 11 is 0. The highest BCUT2D eigenvalue weighted by Gasteiger charge is 2.35. The van der Waals surface area contributed by atoms with Gasteiger partial charge in [0.15, 0.2) is 0 Å². The third-order valence-electron chi connectivity index (χ3n) is 3.23. The van der Waals surface area contributed by atoms with Crippen molar-refractivity contribution in [3.8, 4) is 0 Å². The van der Waals surface area contributed by atoms with Crippen molar-refractivity contribution in [3.63, 3.8) is 0 Å². The molecule has 4 nitrogen and oxygen atoms in total. The lowest BCUT2D eigenvalue weighted by atomic mass is 9.96. The molecule has 1 heterocycles. The SMILES string of the molecule is CC1CCC(CN)CN1S(=O)(=O)CC(C)(C)C. The molecule has 1 saturated heterocycles. The van der Waals surface area contributed by atoms with Gasteiger partial charge in [-0.05, 0) is 37.6 Å². The van der Waals surface area contributed by atoms with Crippen LogP contribution in [0.15, 0.2) is 0 Å². The van der Waals surface area contributed by atoms with Crippen LogP contribution in [-0.4, -0.2) is 37.6 Å². The Bertz CT molecular complexity index is 346. The predicted octanol–water partition coefficient (Wildman–Crippen LogP) is 1.42. The molecule has 0 aliphatic carbocycles. The monoisotopic (exact) mass is 262 g/mol. The largest absolute Gasteiger partial charge is 0.330 e. The number of hydrogen-bond donors (Lipinski definition) is 1. The van der Waals surface area contributed by atoms with E-state index in [1.807, 2.05) is 27.7 Å². The third kappa shape index (κ3) is 4.23. The molecule has 1 aliphatic heterocycles. The Labute approximate surface area is 106 Å². The molecule has 0 amide bonds. The normalized spacial score (nSPS) is 28.3. The van der Waals surface area contributed by atoms with Crippen LogP contribution < -0.4 is 5.73 Å². The highest BCUT2D eigenvalue weighted by Crippen LogP contribution is 2.27. The minimum Gasteiger partial charge on any atom is -0.330 e.